The normalized spacial score (nSPS) is 12.6. The fourth-order valence-electron chi connectivity index (χ4n) is 2.73. The van der Waals surface area contributed by atoms with E-state index in [9.17, 15) is 0 Å². The largest absolute Gasteiger partial charge is 0.310 e. The summed E-state index contributed by atoms with van der Waals surface area (Å²) in [5.74, 6) is 0. The van der Waals surface area contributed by atoms with Crippen molar-refractivity contribution in [3.8, 4) is 0 Å². The molecule has 0 aliphatic heterocycles. The highest BCUT2D eigenvalue weighted by atomic mass is 15.2. The Morgan fingerprint density at radius 3 is 2.76 bits per heavy atom. The first-order chi connectivity index (χ1) is 10.1. The summed E-state index contributed by atoms with van der Waals surface area (Å²) in [4.78, 5) is 0. The van der Waals surface area contributed by atoms with Gasteiger partial charge < -0.3 is 5.32 Å². The number of benzene rings is 1. The number of hydrogen-bond acceptors (Lipinski definition) is 2. The SMILES string of the molecule is CCCNC(CCc1cnn(C)c1)c1cc(C)ccc1C. The molecule has 1 aromatic heterocycles. The lowest BCUT2D eigenvalue weighted by Gasteiger charge is -2.21. The minimum atomic E-state index is 0.421. The Labute approximate surface area is 128 Å². The summed E-state index contributed by atoms with van der Waals surface area (Å²) in [6.07, 6.45) is 7.41. The van der Waals surface area contributed by atoms with Gasteiger partial charge in [0, 0.05) is 19.3 Å². The van der Waals surface area contributed by atoms with Crippen LogP contribution in [0.1, 0.15) is 48.1 Å². The van der Waals surface area contributed by atoms with Crippen LogP contribution in [0.4, 0.5) is 0 Å². The molecule has 1 aromatic carbocycles. The van der Waals surface area contributed by atoms with Crippen molar-refractivity contribution >= 4 is 0 Å². The average Bonchev–Trinajstić information content (AvgIpc) is 2.88. The van der Waals surface area contributed by atoms with E-state index >= 15 is 0 Å². The number of aromatic nitrogens is 2. The molecule has 1 atom stereocenters. The topological polar surface area (TPSA) is 29.9 Å². The standard InChI is InChI=1S/C18H27N3/c1-5-10-19-18(9-8-16-12-20-21(4)13-16)17-11-14(2)6-7-15(17)3/h6-7,11-13,18-19H,5,8-10H2,1-4H3. The molecule has 2 aromatic rings. The van der Waals surface area contributed by atoms with Crippen molar-refractivity contribution in [1.29, 1.82) is 0 Å². The highest BCUT2D eigenvalue weighted by Crippen LogP contribution is 2.23. The molecule has 0 aliphatic rings. The number of nitrogens with zero attached hydrogens (tertiary/aromatic N) is 2. The van der Waals surface area contributed by atoms with E-state index in [0.29, 0.717) is 6.04 Å². The zero-order valence-corrected chi connectivity index (χ0v) is 13.7. The lowest BCUT2D eigenvalue weighted by Crippen LogP contribution is -2.23. The highest BCUT2D eigenvalue weighted by Gasteiger charge is 2.13. The second-order valence-electron chi connectivity index (χ2n) is 5.93. The quantitative estimate of drug-likeness (QED) is 0.840. The lowest BCUT2D eigenvalue weighted by atomic mass is 9.94. The Kier molecular flexibility index (Phi) is 5.57. The van der Waals surface area contributed by atoms with Gasteiger partial charge in [0.15, 0.2) is 0 Å². The number of hydrogen-bond donors (Lipinski definition) is 1. The van der Waals surface area contributed by atoms with Gasteiger partial charge in [0.2, 0.25) is 0 Å². The maximum absolute atomic E-state index is 4.26. The van der Waals surface area contributed by atoms with Crippen LogP contribution in [0.25, 0.3) is 0 Å². The van der Waals surface area contributed by atoms with Crippen molar-refractivity contribution in [2.45, 2.75) is 46.1 Å². The predicted molar refractivity (Wildman–Crippen MR) is 88.5 cm³/mol. The van der Waals surface area contributed by atoms with Gasteiger partial charge in [-0.3, -0.25) is 4.68 Å². The van der Waals surface area contributed by atoms with Crippen LogP contribution in [0.3, 0.4) is 0 Å². The van der Waals surface area contributed by atoms with Crippen molar-refractivity contribution in [3.63, 3.8) is 0 Å². The summed E-state index contributed by atoms with van der Waals surface area (Å²) < 4.78 is 1.88. The van der Waals surface area contributed by atoms with Gasteiger partial charge in [-0.15, -0.1) is 0 Å². The molecule has 3 nitrogen and oxygen atoms in total. The van der Waals surface area contributed by atoms with Crippen LogP contribution < -0.4 is 5.32 Å². The molecule has 0 bridgehead atoms. The van der Waals surface area contributed by atoms with Crippen LogP contribution in [-0.4, -0.2) is 16.3 Å². The first-order valence-corrected chi connectivity index (χ1v) is 7.88. The Hall–Kier alpha value is -1.61. The van der Waals surface area contributed by atoms with Crippen LogP contribution >= 0.6 is 0 Å². The minimum absolute atomic E-state index is 0.421. The van der Waals surface area contributed by atoms with E-state index in [0.717, 1.165) is 25.8 Å². The second kappa shape index (κ2) is 7.41. The van der Waals surface area contributed by atoms with Crippen LogP contribution in [0.2, 0.25) is 0 Å². The van der Waals surface area contributed by atoms with Gasteiger partial charge in [0.25, 0.3) is 0 Å². The molecule has 2 rings (SSSR count). The number of rotatable bonds is 7. The number of aryl methyl sites for hydroxylation is 4. The van der Waals surface area contributed by atoms with Gasteiger partial charge in [-0.25, -0.2) is 0 Å². The monoisotopic (exact) mass is 285 g/mol. The van der Waals surface area contributed by atoms with E-state index in [1.54, 1.807) is 0 Å². The molecule has 0 aliphatic carbocycles. The van der Waals surface area contributed by atoms with Crippen molar-refractivity contribution in [1.82, 2.24) is 15.1 Å². The van der Waals surface area contributed by atoms with E-state index in [4.69, 9.17) is 0 Å². The Balaban J connectivity index is 2.11. The molecule has 1 heterocycles. The highest BCUT2D eigenvalue weighted by molar-refractivity contribution is 5.33. The van der Waals surface area contributed by atoms with E-state index in [1.807, 2.05) is 17.9 Å². The van der Waals surface area contributed by atoms with Crippen LogP contribution in [-0.2, 0) is 13.5 Å². The molecule has 0 amide bonds. The van der Waals surface area contributed by atoms with Crippen LogP contribution in [0.5, 0.6) is 0 Å². The third-order valence-corrected chi connectivity index (χ3v) is 3.93. The van der Waals surface area contributed by atoms with Crippen LogP contribution in [0.15, 0.2) is 30.6 Å². The van der Waals surface area contributed by atoms with Gasteiger partial charge in [-0.05, 0) is 56.3 Å². The Morgan fingerprint density at radius 1 is 1.29 bits per heavy atom. The van der Waals surface area contributed by atoms with Gasteiger partial charge in [-0.1, -0.05) is 30.7 Å². The molecule has 0 fully saturated rings. The molecule has 3 heteroatoms. The smallest absolute Gasteiger partial charge is 0.0521 e. The summed E-state index contributed by atoms with van der Waals surface area (Å²) in [6.45, 7) is 7.65. The first-order valence-electron chi connectivity index (χ1n) is 7.88. The third kappa shape index (κ3) is 4.43. The van der Waals surface area contributed by atoms with Gasteiger partial charge in [0.1, 0.15) is 0 Å². The zero-order valence-electron chi connectivity index (χ0n) is 13.7. The molecule has 114 valence electrons. The molecule has 0 saturated carbocycles. The summed E-state index contributed by atoms with van der Waals surface area (Å²) in [5, 5.41) is 7.96. The molecule has 1 N–H and O–H groups in total. The fourth-order valence-corrected chi connectivity index (χ4v) is 2.73. The maximum atomic E-state index is 4.26. The van der Waals surface area contributed by atoms with Gasteiger partial charge in [-0.2, -0.15) is 5.10 Å². The zero-order chi connectivity index (χ0) is 15.2. The van der Waals surface area contributed by atoms with E-state index in [-0.39, 0.29) is 0 Å². The second-order valence-corrected chi connectivity index (χ2v) is 5.93. The van der Waals surface area contributed by atoms with E-state index in [2.05, 4.69) is 55.6 Å². The van der Waals surface area contributed by atoms with E-state index in [1.165, 1.54) is 22.3 Å². The van der Waals surface area contributed by atoms with E-state index < -0.39 is 0 Å². The van der Waals surface area contributed by atoms with Crippen molar-refractivity contribution in [3.05, 3.63) is 52.8 Å². The molecular weight excluding hydrogens is 258 g/mol. The molecule has 0 spiro atoms. The molecular formula is C18H27N3. The van der Waals surface area contributed by atoms with Gasteiger partial charge >= 0.3 is 0 Å². The van der Waals surface area contributed by atoms with Crippen molar-refractivity contribution in [2.24, 2.45) is 7.05 Å². The first kappa shape index (κ1) is 15.8. The molecule has 21 heavy (non-hydrogen) atoms. The summed E-state index contributed by atoms with van der Waals surface area (Å²) in [5.41, 5.74) is 5.46. The summed E-state index contributed by atoms with van der Waals surface area (Å²) in [7, 11) is 1.97. The van der Waals surface area contributed by atoms with Crippen molar-refractivity contribution in [2.75, 3.05) is 6.54 Å². The minimum Gasteiger partial charge on any atom is -0.310 e. The molecule has 0 saturated heterocycles. The maximum Gasteiger partial charge on any atom is 0.0521 e. The molecule has 1 unspecified atom stereocenters. The fraction of sp³-hybridized carbons (Fsp3) is 0.500. The Morgan fingerprint density at radius 2 is 2.10 bits per heavy atom. The van der Waals surface area contributed by atoms with Crippen LogP contribution in [0, 0.1) is 13.8 Å². The third-order valence-electron chi connectivity index (χ3n) is 3.93. The average molecular weight is 285 g/mol. The Bertz CT molecular complexity index is 572. The van der Waals surface area contributed by atoms with Crippen molar-refractivity contribution < 1.29 is 0 Å². The summed E-state index contributed by atoms with van der Waals surface area (Å²) >= 11 is 0. The van der Waals surface area contributed by atoms with Gasteiger partial charge in [0.05, 0.1) is 6.20 Å². The molecule has 0 radical (unpaired) electrons. The predicted octanol–water partition coefficient (Wildman–Crippen LogP) is 3.71. The summed E-state index contributed by atoms with van der Waals surface area (Å²) in [6, 6.07) is 7.17. The number of nitrogens with one attached hydrogen (secondary N) is 1. The lowest BCUT2D eigenvalue weighted by molar-refractivity contribution is 0.497.